The van der Waals surface area contributed by atoms with Crippen molar-refractivity contribution in [1.82, 2.24) is 9.88 Å². The van der Waals surface area contributed by atoms with Crippen LogP contribution in [0.4, 0.5) is 11.5 Å². The summed E-state index contributed by atoms with van der Waals surface area (Å²) in [5.41, 5.74) is 14.8. The van der Waals surface area contributed by atoms with E-state index in [9.17, 15) is 0 Å². The zero-order chi connectivity index (χ0) is 10.3. The van der Waals surface area contributed by atoms with Crippen molar-refractivity contribution >= 4 is 23.7 Å². The maximum atomic E-state index is 5.95. The highest BCUT2D eigenvalue weighted by Gasteiger charge is 2.17. The number of nitrogens with zero attached hydrogens (tertiary/aromatic N) is 1. The van der Waals surface area contributed by atoms with Gasteiger partial charge < -0.3 is 21.4 Å². The largest absolute Gasteiger partial charge is 0.396 e. The van der Waals surface area contributed by atoms with Crippen molar-refractivity contribution < 1.29 is 0 Å². The maximum absolute atomic E-state index is 5.95. The molecule has 4 nitrogen and oxygen atoms in total. The zero-order valence-electron chi connectivity index (χ0n) is 8.13. The molecule has 0 aliphatic carbocycles. The highest BCUT2D eigenvalue weighted by Crippen LogP contribution is 2.27. The molecule has 0 saturated carbocycles. The van der Waals surface area contributed by atoms with Gasteiger partial charge in [0.25, 0.3) is 0 Å². The summed E-state index contributed by atoms with van der Waals surface area (Å²) in [7, 11) is 1.85. The van der Waals surface area contributed by atoms with Gasteiger partial charge in [0.2, 0.25) is 0 Å². The zero-order valence-corrected chi connectivity index (χ0v) is 8.95. The average molecular weight is 210 g/mol. The smallest absolute Gasteiger partial charge is 0.128 e. The molecule has 2 heterocycles. The minimum absolute atomic E-state index is 0.579. The first-order valence-electron chi connectivity index (χ1n) is 4.59. The molecule has 0 fully saturated rings. The number of anilines is 2. The third-order valence-corrected chi connectivity index (χ3v) is 3.26. The lowest BCUT2D eigenvalue weighted by atomic mass is 10.0. The number of nitrogen functional groups attached to an aromatic ring is 2. The molecule has 0 radical (unpaired) electrons. The molecule has 76 valence electrons. The Balaban J connectivity index is 2.78. The molecule has 1 aliphatic heterocycles. The summed E-state index contributed by atoms with van der Waals surface area (Å²) in [5, 5.41) is 3.28. The molecular weight excluding hydrogens is 196 g/mol. The number of pyridine rings is 1. The quantitative estimate of drug-likeness (QED) is 0.547. The molecule has 0 unspecified atom stereocenters. The molecule has 2 rings (SSSR count). The van der Waals surface area contributed by atoms with Crippen LogP contribution in [0.5, 0.6) is 0 Å². The van der Waals surface area contributed by atoms with Gasteiger partial charge in [-0.25, -0.2) is 0 Å². The van der Waals surface area contributed by atoms with Crippen molar-refractivity contribution in [1.29, 1.82) is 0 Å². The second-order valence-corrected chi connectivity index (χ2v) is 3.93. The molecule has 14 heavy (non-hydrogen) atoms. The predicted octanol–water partition coefficient (Wildman–Crippen LogP) is 0.565. The van der Waals surface area contributed by atoms with E-state index in [-0.39, 0.29) is 0 Å². The van der Waals surface area contributed by atoms with Crippen molar-refractivity contribution in [3.63, 3.8) is 0 Å². The van der Waals surface area contributed by atoms with Crippen LogP contribution in [-0.4, -0.2) is 11.1 Å². The molecule has 1 aromatic rings. The third-order valence-electron chi connectivity index (χ3n) is 2.74. The van der Waals surface area contributed by atoms with Crippen molar-refractivity contribution in [2.45, 2.75) is 13.0 Å². The van der Waals surface area contributed by atoms with Gasteiger partial charge in [-0.1, -0.05) is 12.2 Å². The van der Waals surface area contributed by atoms with Gasteiger partial charge in [0, 0.05) is 19.2 Å². The number of nitrogens with one attached hydrogen (secondary N) is 1. The molecule has 0 saturated heterocycles. The van der Waals surface area contributed by atoms with Gasteiger partial charge in [-0.15, -0.1) is 0 Å². The SMILES string of the molecule is Cn1c(N)c(N)c2c(c1=S)CNCC2. The fraction of sp³-hybridized carbons (Fsp3) is 0.444. The average Bonchev–Trinajstić information content (AvgIpc) is 2.23. The Hall–Kier alpha value is -1.07. The Morgan fingerprint density at radius 1 is 1.36 bits per heavy atom. The summed E-state index contributed by atoms with van der Waals surface area (Å²) in [4.78, 5) is 0. The van der Waals surface area contributed by atoms with Crippen molar-refractivity contribution in [2.75, 3.05) is 18.0 Å². The highest BCUT2D eigenvalue weighted by molar-refractivity contribution is 7.71. The normalized spacial score (nSPS) is 15.2. The Labute approximate surface area is 87.9 Å². The lowest BCUT2D eigenvalue weighted by Gasteiger charge is -2.22. The summed E-state index contributed by atoms with van der Waals surface area (Å²) in [6, 6.07) is 0. The van der Waals surface area contributed by atoms with E-state index in [1.807, 2.05) is 7.05 Å². The topological polar surface area (TPSA) is 69.0 Å². The van der Waals surface area contributed by atoms with E-state index in [4.69, 9.17) is 23.7 Å². The summed E-state index contributed by atoms with van der Waals surface area (Å²) < 4.78 is 2.56. The fourth-order valence-electron chi connectivity index (χ4n) is 1.83. The first-order valence-corrected chi connectivity index (χ1v) is 5.00. The standard InChI is InChI=1S/C9H14N4S/c1-13-8(11)7(10)5-2-3-12-4-6(5)9(13)14/h12H,2-4,10-11H2,1H3. The van der Waals surface area contributed by atoms with E-state index in [0.717, 1.165) is 35.3 Å². The third kappa shape index (κ3) is 1.20. The van der Waals surface area contributed by atoms with E-state index < -0.39 is 0 Å². The van der Waals surface area contributed by atoms with E-state index >= 15 is 0 Å². The van der Waals surface area contributed by atoms with Gasteiger partial charge in [-0.2, -0.15) is 0 Å². The number of nitrogens with two attached hydrogens (primary N) is 2. The van der Waals surface area contributed by atoms with Crippen LogP contribution in [0.1, 0.15) is 11.1 Å². The van der Waals surface area contributed by atoms with Crippen LogP contribution in [0.15, 0.2) is 0 Å². The van der Waals surface area contributed by atoms with Crippen LogP contribution in [0, 0.1) is 4.64 Å². The van der Waals surface area contributed by atoms with Gasteiger partial charge in [-0.05, 0) is 18.5 Å². The van der Waals surface area contributed by atoms with Crippen LogP contribution in [0.3, 0.4) is 0 Å². The van der Waals surface area contributed by atoms with Gasteiger partial charge in [0.15, 0.2) is 0 Å². The van der Waals surface area contributed by atoms with Crippen molar-refractivity contribution in [3.05, 3.63) is 15.8 Å². The Morgan fingerprint density at radius 3 is 2.79 bits per heavy atom. The molecule has 0 aromatic carbocycles. The van der Waals surface area contributed by atoms with Crippen molar-refractivity contribution in [3.8, 4) is 0 Å². The number of hydrogen-bond donors (Lipinski definition) is 3. The predicted molar refractivity (Wildman–Crippen MR) is 60.5 cm³/mol. The second kappa shape index (κ2) is 3.25. The molecule has 5 N–H and O–H groups in total. The number of aromatic nitrogens is 1. The first kappa shape index (κ1) is 9.48. The minimum atomic E-state index is 0.579. The number of rotatable bonds is 0. The molecule has 0 bridgehead atoms. The molecule has 0 amide bonds. The number of fused-ring (bicyclic) bond motifs is 1. The summed E-state index contributed by atoms with van der Waals surface area (Å²) in [6.45, 7) is 1.74. The van der Waals surface area contributed by atoms with Gasteiger partial charge in [-0.3, -0.25) is 0 Å². The van der Waals surface area contributed by atoms with E-state index in [0.29, 0.717) is 11.5 Å². The Kier molecular flexibility index (Phi) is 2.20. The summed E-state index contributed by atoms with van der Waals surface area (Å²) in [6.07, 6.45) is 0.913. The molecular formula is C9H14N4S. The maximum Gasteiger partial charge on any atom is 0.128 e. The summed E-state index contributed by atoms with van der Waals surface area (Å²) in [5.74, 6) is 0.579. The summed E-state index contributed by atoms with van der Waals surface area (Å²) >= 11 is 5.31. The fourth-order valence-corrected chi connectivity index (χ4v) is 2.13. The van der Waals surface area contributed by atoms with E-state index in [1.54, 1.807) is 4.57 Å². The lowest BCUT2D eigenvalue weighted by molar-refractivity contribution is 0.634. The number of hydrogen-bond acceptors (Lipinski definition) is 4. The Bertz CT molecular complexity index is 435. The van der Waals surface area contributed by atoms with Crippen LogP contribution < -0.4 is 16.8 Å². The van der Waals surface area contributed by atoms with Crippen LogP contribution in [0.25, 0.3) is 0 Å². The lowest BCUT2D eigenvalue weighted by Crippen LogP contribution is -2.27. The monoisotopic (exact) mass is 210 g/mol. The Morgan fingerprint density at radius 2 is 2.07 bits per heavy atom. The van der Waals surface area contributed by atoms with Crippen LogP contribution in [0.2, 0.25) is 0 Å². The van der Waals surface area contributed by atoms with E-state index in [1.165, 1.54) is 0 Å². The van der Waals surface area contributed by atoms with Gasteiger partial charge >= 0.3 is 0 Å². The van der Waals surface area contributed by atoms with Gasteiger partial charge in [0.1, 0.15) is 10.5 Å². The van der Waals surface area contributed by atoms with Crippen LogP contribution >= 0.6 is 12.2 Å². The minimum Gasteiger partial charge on any atom is -0.396 e. The molecule has 0 spiro atoms. The highest BCUT2D eigenvalue weighted by atomic mass is 32.1. The molecule has 1 aliphatic rings. The molecule has 0 atom stereocenters. The van der Waals surface area contributed by atoms with Crippen molar-refractivity contribution in [2.24, 2.45) is 7.05 Å². The molecule has 5 heteroatoms. The van der Waals surface area contributed by atoms with E-state index in [2.05, 4.69) is 5.32 Å². The molecule has 1 aromatic heterocycles. The second-order valence-electron chi connectivity index (χ2n) is 3.55. The first-order chi connectivity index (χ1) is 6.63. The van der Waals surface area contributed by atoms with Gasteiger partial charge in [0.05, 0.1) is 5.69 Å². The van der Waals surface area contributed by atoms with Crippen LogP contribution in [-0.2, 0) is 20.0 Å².